The average molecular weight is 468 g/mol. The smallest absolute Gasteiger partial charge is 0.172 e. The summed E-state index contributed by atoms with van der Waals surface area (Å²) in [5, 5.41) is 3.13. The molecule has 0 saturated heterocycles. The van der Waals surface area contributed by atoms with Gasteiger partial charge in [0.25, 0.3) is 0 Å². The van der Waals surface area contributed by atoms with E-state index in [0.717, 1.165) is 34.9 Å². The van der Waals surface area contributed by atoms with Crippen molar-refractivity contribution in [1.82, 2.24) is 9.97 Å². The molecule has 0 spiro atoms. The van der Waals surface area contributed by atoms with Gasteiger partial charge in [0, 0.05) is 17.4 Å². The molecule has 0 aliphatic heterocycles. The monoisotopic (exact) mass is 465 g/mol. The van der Waals surface area contributed by atoms with E-state index in [4.69, 9.17) is 4.98 Å². The predicted octanol–water partition coefficient (Wildman–Crippen LogP) is 5.41. The van der Waals surface area contributed by atoms with Crippen LogP contribution in [0, 0.1) is 0 Å². The van der Waals surface area contributed by atoms with Crippen LogP contribution in [-0.2, 0) is 0 Å². The van der Waals surface area contributed by atoms with Crippen LogP contribution in [0.15, 0.2) is 18.8 Å². The van der Waals surface area contributed by atoms with Crippen LogP contribution in [0.1, 0.15) is 24.5 Å². The molecule has 0 unspecified atom stereocenters. The number of aromatic nitrogens is 2. The van der Waals surface area contributed by atoms with Crippen LogP contribution >= 0.6 is 59.1 Å². The summed E-state index contributed by atoms with van der Waals surface area (Å²) in [6.45, 7) is 0. The van der Waals surface area contributed by atoms with Crippen molar-refractivity contribution in [2.75, 3.05) is 12.4 Å². The van der Waals surface area contributed by atoms with Gasteiger partial charge in [0.2, 0.25) is 0 Å². The van der Waals surface area contributed by atoms with Crippen LogP contribution in [0.25, 0.3) is 10.7 Å². The van der Waals surface area contributed by atoms with Gasteiger partial charge in [-0.3, -0.25) is 0 Å². The fourth-order valence-electron chi connectivity index (χ4n) is 1.82. The SMILES string of the molecule is CNc1nc(-c2cc(Br)c(Br)s2)nc(C2CC2)c1Br. The van der Waals surface area contributed by atoms with Crippen LogP contribution in [0.4, 0.5) is 5.82 Å². The second-order valence-corrected chi connectivity index (χ2v) is 8.37. The van der Waals surface area contributed by atoms with Gasteiger partial charge in [0.05, 0.1) is 18.8 Å². The Kier molecular flexibility index (Phi) is 3.99. The van der Waals surface area contributed by atoms with E-state index < -0.39 is 0 Å². The van der Waals surface area contributed by atoms with Crippen molar-refractivity contribution < 1.29 is 0 Å². The minimum atomic E-state index is 0.579. The van der Waals surface area contributed by atoms with E-state index >= 15 is 0 Å². The maximum atomic E-state index is 4.74. The number of nitrogens with zero attached hydrogens (tertiary/aromatic N) is 2. The van der Waals surface area contributed by atoms with E-state index in [0.29, 0.717) is 5.92 Å². The Morgan fingerprint density at radius 3 is 2.53 bits per heavy atom. The van der Waals surface area contributed by atoms with Gasteiger partial charge in [-0.25, -0.2) is 9.97 Å². The second kappa shape index (κ2) is 5.42. The quantitative estimate of drug-likeness (QED) is 0.655. The van der Waals surface area contributed by atoms with Crippen molar-refractivity contribution in [2.24, 2.45) is 0 Å². The maximum absolute atomic E-state index is 4.74. The number of rotatable bonds is 3. The molecule has 1 aliphatic rings. The van der Waals surface area contributed by atoms with Crippen molar-refractivity contribution in [2.45, 2.75) is 18.8 Å². The number of halogens is 3. The molecule has 1 fully saturated rings. The fourth-order valence-corrected chi connectivity index (χ4v) is 4.49. The molecule has 0 atom stereocenters. The van der Waals surface area contributed by atoms with Crippen LogP contribution in [0.5, 0.6) is 0 Å². The van der Waals surface area contributed by atoms with Crippen molar-refractivity contribution in [3.8, 4) is 10.7 Å². The summed E-state index contributed by atoms with van der Waals surface area (Å²) >= 11 is 12.3. The highest BCUT2D eigenvalue weighted by Gasteiger charge is 2.29. The van der Waals surface area contributed by atoms with Gasteiger partial charge in [-0.05, 0) is 66.7 Å². The lowest BCUT2D eigenvalue weighted by atomic mass is 10.2. The first-order valence-corrected chi connectivity index (χ1v) is 9.00. The van der Waals surface area contributed by atoms with E-state index in [9.17, 15) is 0 Å². The fraction of sp³-hybridized carbons (Fsp3) is 0.333. The van der Waals surface area contributed by atoms with Crippen LogP contribution in [0.2, 0.25) is 0 Å². The Balaban J connectivity index is 2.12. The summed E-state index contributed by atoms with van der Waals surface area (Å²) in [5.74, 6) is 2.22. The van der Waals surface area contributed by atoms with E-state index in [1.54, 1.807) is 11.3 Å². The van der Waals surface area contributed by atoms with E-state index in [1.165, 1.54) is 12.8 Å². The highest BCUT2D eigenvalue weighted by Crippen LogP contribution is 2.45. The van der Waals surface area contributed by atoms with Gasteiger partial charge in [0.15, 0.2) is 5.82 Å². The lowest BCUT2D eigenvalue weighted by molar-refractivity contribution is 0.982. The average Bonchev–Trinajstić information content (AvgIpc) is 3.17. The third-order valence-electron chi connectivity index (χ3n) is 2.94. The second-order valence-electron chi connectivity index (χ2n) is 4.35. The molecule has 0 radical (unpaired) electrons. The Bertz CT molecular complexity index is 618. The molecular formula is C12H10Br3N3S. The molecule has 1 aliphatic carbocycles. The highest BCUT2D eigenvalue weighted by molar-refractivity contribution is 9.13. The number of nitrogens with one attached hydrogen (secondary N) is 1. The Morgan fingerprint density at radius 1 is 1.26 bits per heavy atom. The standard InChI is InChI=1S/C12H10Br3N3S/c1-16-12-8(14)9(5-2-3-5)17-11(18-12)7-4-6(13)10(15)19-7/h4-5H,2-3H2,1H3,(H,16,17,18). The summed E-state index contributed by atoms with van der Waals surface area (Å²) in [6.07, 6.45) is 2.44. The molecule has 19 heavy (non-hydrogen) atoms. The van der Waals surface area contributed by atoms with Crippen molar-refractivity contribution in [1.29, 1.82) is 0 Å². The van der Waals surface area contributed by atoms with Gasteiger partial charge in [-0.2, -0.15) is 0 Å². The van der Waals surface area contributed by atoms with Crippen molar-refractivity contribution in [3.05, 3.63) is 24.5 Å². The molecule has 3 nitrogen and oxygen atoms in total. The van der Waals surface area contributed by atoms with Gasteiger partial charge in [-0.15, -0.1) is 11.3 Å². The molecule has 0 bridgehead atoms. The molecule has 0 amide bonds. The summed E-state index contributed by atoms with van der Waals surface area (Å²) in [5.41, 5.74) is 1.12. The third kappa shape index (κ3) is 2.75. The summed E-state index contributed by atoms with van der Waals surface area (Å²) in [6, 6.07) is 2.05. The first-order chi connectivity index (χ1) is 9.10. The third-order valence-corrected chi connectivity index (χ3v) is 6.98. The van der Waals surface area contributed by atoms with E-state index in [1.807, 2.05) is 13.1 Å². The molecule has 100 valence electrons. The minimum Gasteiger partial charge on any atom is -0.372 e. The number of hydrogen-bond donors (Lipinski definition) is 1. The Morgan fingerprint density at radius 2 is 2.00 bits per heavy atom. The summed E-state index contributed by atoms with van der Waals surface area (Å²) in [4.78, 5) is 10.4. The molecule has 1 saturated carbocycles. The maximum Gasteiger partial charge on any atom is 0.172 e. The first kappa shape index (κ1) is 14.0. The molecule has 2 aromatic rings. The van der Waals surface area contributed by atoms with E-state index in [2.05, 4.69) is 58.1 Å². The highest BCUT2D eigenvalue weighted by atomic mass is 79.9. The first-order valence-electron chi connectivity index (χ1n) is 5.80. The summed E-state index contributed by atoms with van der Waals surface area (Å²) < 4.78 is 3.10. The molecule has 1 N–H and O–H groups in total. The molecule has 7 heteroatoms. The molecule has 3 rings (SSSR count). The van der Waals surface area contributed by atoms with E-state index in [-0.39, 0.29) is 0 Å². The molecule has 2 aromatic heterocycles. The zero-order chi connectivity index (χ0) is 13.6. The van der Waals surface area contributed by atoms with Gasteiger partial charge >= 0.3 is 0 Å². The number of anilines is 1. The molecular weight excluding hydrogens is 458 g/mol. The lowest BCUT2D eigenvalue weighted by Gasteiger charge is -2.09. The number of hydrogen-bond acceptors (Lipinski definition) is 4. The Labute approximate surface area is 140 Å². The lowest BCUT2D eigenvalue weighted by Crippen LogP contribution is -2.02. The predicted molar refractivity (Wildman–Crippen MR) is 90.0 cm³/mol. The van der Waals surface area contributed by atoms with Crippen molar-refractivity contribution in [3.63, 3.8) is 0 Å². The normalized spacial score (nSPS) is 14.7. The van der Waals surface area contributed by atoms with Gasteiger partial charge in [0.1, 0.15) is 5.82 Å². The molecule has 0 aromatic carbocycles. The van der Waals surface area contributed by atoms with Crippen LogP contribution in [-0.4, -0.2) is 17.0 Å². The zero-order valence-electron chi connectivity index (χ0n) is 10.0. The van der Waals surface area contributed by atoms with Crippen LogP contribution in [0.3, 0.4) is 0 Å². The number of thiophene rings is 1. The van der Waals surface area contributed by atoms with Crippen molar-refractivity contribution >= 4 is 64.9 Å². The topological polar surface area (TPSA) is 37.8 Å². The van der Waals surface area contributed by atoms with Gasteiger partial charge < -0.3 is 5.32 Å². The minimum absolute atomic E-state index is 0.579. The molecule has 2 heterocycles. The van der Waals surface area contributed by atoms with Crippen LogP contribution < -0.4 is 5.32 Å². The summed E-state index contributed by atoms with van der Waals surface area (Å²) in [7, 11) is 1.88. The Hall–Kier alpha value is 0.0200. The van der Waals surface area contributed by atoms with Gasteiger partial charge in [-0.1, -0.05) is 0 Å². The largest absolute Gasteiger partial charge is 0.372 e. The zero-order valence-corrected chi connectivity index (χ0v) is 15.6.